The second-order valence-electron chi connectivity index (χ2n) is 6.73. The number of aliphatic hydroxyl groups is 1. The normalized spacial score (nSPS) is 22.0. The van der Waals surface area contributed by atoms with E-state index in [1.165, 1.54) is 0 Å². The molecule has 6 nitrogen and oxygen atoms in total. The van der Waals surface area contributed by atoms with Crippen LogP contribution in [-0.4, -0.2) is 32.8 Å². The van der Waals surface area contributed by atoms with Crippen LogP contribution < -0.4 is 0 Å². The number of para-hydroxylation sites is 1. The molecule has 3 aromatic rings. The lowest BCUT2D eigenvalue weighted by Crippen LogP contribution is -2.24. The smallest absolute Gasteiger partial charge is 0.244 e. The molecule has 1 N–H and O–H groups in total. The van der Waals surface area contributed by atoms with Crippen LogP contribution in [0.5, 0.6) is 0 Å². The van der Waals surface area contributed by atoms with Gasteiger partial charge in [-0.3, -0.25) is 4.90 Å². The number of nitrogens with zero attached hydrogens (tertiary/aromatic N) is 3. The van der Waals surface area contributed by atoms with E-state index < -0.39 is 6.10 Å². The highest BCUT2D eigenvalue weighted by Crippen LogP contribution is 2.34. The van der Waals surface area contributed by atoms with Crippen LogP contribution in [0.1, 0.15) is 49.7 Å². The summed E-state index contributed by atoms with van der Waals surface area (Å²) in [5.74, 6) is 2.37. The minimum Gasteiger partial charge on any atom is -0.460 e. The summed E-state index contributed by atoms with van der Waals surface area (Å²) in [5.41, 5.74) is 0.878. The van der Waals surface area contributed by atoms with Gasteiger partial charge in [-0.1, -0.05) is 37.2 Å². The molecule has 0 amide bonds. The average molecular weight is 327 g/mol. The van der Waals surface area contributed by atoms with E-state index in [0.717, 1.165) is 16.7 Å². The van der Waals surface area contributed by atoms with Gasteiger partial charge in [0.2, 0.25) is 5.89 Å². The van der Waals surface area contributed by atoms with Crippen LogP contribution in [-0.2, 0) is 6.54 Å². The predicted octanol–water partition coefficient (Wildman–Crippen LogP) is 3.25. The first kappa shape index (κ1) is 15.4. The Hall–Kier alpha value is -2.18. The Kier molecular flexibility index (Phi) is 3.86. The SMILES string of the molecule is CC(C)c1noc(C2CC(O)CN2Cc2cc3ccccc3o2)n1. The molecule has 126 valence electrons. The molecule has 0 spiro atoms. The van der Waals surface area contributed by atoms with Crippen molar-refractivity contribution in [2.75, 3.05) is 6.54 Å². The third-order valence-electron chi connectivity index (χ3n) is 4.48. The molecule has 24 heavy (non-hydrogen) atoms. The van der Waals surface area contributed by atoms with Gasteiger partial charge >= 0.3 is 0 Å². The van der Waals surface area contributed by atoms with Crippen molar-refractivity contribution in [1.29, 1.82) is 0 Å². The van der Waals surface area contributed by atoms with Crippen LogP contribution in [0, 0.1) is 0 Å². The van der Waals surface area contributed by atoms with E-state index in [9.17, 15) is 5.11 Å². The Morgan fingerprint density at radius 1 is 1.33 bits per heavy atom. The van der Waals surface area contributed by atoms with Gasteiger partial charge in [-0.05, 0) is 18.6 Å². The van der Waals surface area contributed by atoms with Gasteiger partial charge in [-0.15, -0.1) is 0 Å². The summed E-state index contributed by atoms with van der Waals surface area (Å²) in [6.07, 6.45) is 0.203. The number of rotatable bonds is 4. The number of likely N-dealkylation sites (tertiary alicyclic amines) is 1. The zero-order valence-electron chi connectivity index (χ0n) is 13.8. The van der Waals surface area contributed by atoms with E-state index in [1.54, 1.807) is 0 Å². The summed E-state index contributed by atoms with van der Waals surface area (Å²) in [6.45, 7) is 5.24. The number of aromatic nitrogens is 2. The molecule has 2 atom stereocenters. The van der Waals surface area contributed by atoms with E-state index in [-0.39, 0.29) is 12.0 Å². The Morgan fingerprint density at radius 3 is 2.92 bits per heavy atom. The summed E-state index contributed by atoms with van der Waals surface area (Å²) >= 11 is 0. The van der Waals surface area contributed by atoms with Crippen LogP contribution >= 0.6 is 0 Å². The van der Waals surface area contributed by atoms with Gasteiger partial charge in [0.25, 0.3) is 0 Å². The van der Waals surface area contributed by atoms with Crippen LogP contribution in [0.3, 0.4) is 0 Å². The first-order chi connectivity index (χ1) is 11.6. The largest absolute Gasteiger partial charge is 0.460 e. The third-order valence-corrected chi connectivity index (χ3v) is 4.48. The summed E-state index contributed by atoms with van der Waals surface area (Å²) < 4.78 is 11.3. The van der Waals surface area contributed by atoms with Gasteiger partial charge in [0.1, 0.15) is 11.3 Å². The third kappa shape index (κ3) is 2.83. The van der Waals surface area contributed by atoms with Crippen molar-refractivity contribution in [3.63, 3.8) is 0 Å². The zero-order chi connectivity index (χ0) is 16.7. The molecule has 1 aromatic carbocycles. The van der Waals surface area contributed by atoms with Crippen molar-refractivity contribution < 1.29 is 14.0 Å². The highest BCUT2D eigenvalue weighted by molar-refractivity contribution is 5.77. The first-order valence-electron chi connectivity index (χ1n) is 8.33. The molecule has 1 saturated heterocycles. The fourth-order valence-electron chi connectivity index (χ4n) is 3.24. The number of hydrogen-bond acceptors (Lipinski definition) is 6. The Bertz CT molecular complexity index is 806. The highest BCUT2D eigenvalue weighted by atomic mass is 16.5. The quantitative estimate of drug-likeness (QED) is 0.793. The first-order valence-corrected chi connectivity index (χ1v) is 8.33. The van der Waals surface area contributed by atoms with E-state index in [0.29, 0.717) is 31.2 Å². The summed E-state index contributed by atoms with van der Waals surface area (Å²) in [6, 6.07) is 9.92. The summed E-state index contributed by atoms with van der Waals surface area (Å²) in [7, 11) is 0. The molecule has 1 aliphatic heterocycles. The lowest BCUT2D eigenvalue weighted by atomic mass is 10.2. The maximum atomic E-state index is 10.1. The zero-order valence-corrected chi connectivity index (χ0v) is 13.8. The average Bonchev–Trinajstić information content (AvgIpc) is 3.24. The van der Waals surface area contributed by atoms with Gasteiger partial charge in [0.05, 0.1) is 18.7 Å². The van der Waals surface area contributed by atoms with Gasteiger partial charge in [0, 0.05) is 17.8 Å². The van der Waals surface area contributed by atoms with Gasteiger partial charge in [-0.2, -0.15) is 4.98 Å². The van der Waals surface area contributed by atoms with Crippen molar-refractivity contribution >= 4 is 11.0 Å². The number of hydrogen-bond donors (Lipinski definition) is 1. The van der Waals surface area contributed by atoms with Crippen LogP contribution in [0.15, 0.2) is 39.3 Å². The summed E-state index contributed by atoms with van der Waals surface area (Å²) in [5, 5.41) is 15.2. The Balaban J connectivity index is 1.57. The van der Waals surface area contributed by atoms with Crippen molar-refractivity contribution in [1.82, 2.24) is 15.0 Å². The van der Waals surface area contributed by atoms with Crippen molar-refractivity contribution in [2.24, 2.45) is 0 Å². The molecule has 2 unspecified atom stereocenters. The number of β-amino-alcohol motifs (C(OH)–C–C–N with tert-alkyl or cyclic N) is 1. The maximum Gasteiger partial charge on any atom is 0.244 e. The molecule has 3 heterocycles. The Morgan fingerprint density at radius 2 is 2.17 bits per heavy atom. The molecule has 6 heteroatoms. The molecule has 4 rings (SSSR count). The second-order valence-corrected chi connectivity index (χ2v) is 6.73. The van der Waals surface area contributed by atoms with E-state index in [4.69, 9.17) is 8.94 Å². The Labute approximate surface area is 140 Å². The van der Waals surface area contributed by atoms with Gasteiger partial charge in [-0.25, -0.2) is 0 Å². The molecule has 0 saturated carbocycles. The minimum absolute atomic E-state index is 0.0757. The van der Waals surface area contributed by atoms with Gasteiger partial charge in [0.15, 0.2) is 5.82 Å². The second kappa shape index (κ2) is 6.03. The molecule has 1 aliphatic rings. The predicted molar refractivity (Wildman–Crippen MR) is 88.4 cm³/mol. The molecule has 2 aromatic heterocycles. The number of benzene rings is 1. The molecular weight excluding hydrogens is 306 g/mol. The summed E-state index contributed by atoms with van der Waals surface area (Å²) in [4.78, 5) is 6.64. The molecular formula is C18H21N3O3. The van der Waals surface area contributed by atoms with E-state index in [1.807, 2.05) is 44.2 Å². The van der Waals surface area contributed by atoms with E-state index in [2.05, 4.69) is 15.0 Å². The number of fused-ring (bicyclic) bond motifs is 1. The standard InChI is InChI=1S/C18H21N3O3/c1-11(2)17-19-18(24-20-17)15-8-13(22)9-21(15)10-14-7-12-5-3-4-6-16(12)23-14/h3-7,11,13,15,22H,8-10H2,1-2H3. The fraction of sp³-hybridized carbons (Fsp3) is 0.444. The monoisotopic (exact) mass is 327 g/mol. The van der Waals surface area contributed by atoms with Crippen molar-refractivity contribution in [2.45, 2.75) is 44.9 Å². The molecule has 0 aliphatic carbocycles. The van der Waals surface area contributed by atoms with Crippen LogP contribution in [0.4, 0.5) is 0 Å². The minimum atomic E-state index is -0.395. The van der Waals surface area contributed by atoms with Crippen molar-refractivity contribution in [3.05, 3.63) is 47.8 Å². The van der Waals surface area contributed by atoms with Crippen LogP contribution in [0.25, 0.3) is 11.0 Å². The lowest BCUT2D eigenvalue weighted by molar-refractivity contribution is 0.164. The molecule has 0 radical (unpaired) electrons. The van der Waals surface area contributed by atoms with Crippen LogP contribution in [0.2, 0.25) is 0 Å². The fourth-order valence-corrected chi connectivity index (χ4v) is 3.24. The number of aliphatic hydroxyl groups excluding tert-OH is 1. The maximum absolute atomic E-state index is 10.1. The van der Waals surface area contributed by atoms with Gasteiger partial charge < -0.3 is 14.0 Å². The molecule has 1 fully saturated rings. The van der Waals surface area contributed by atoms with Crippen molar-refractivity contribution in [3.8, 4) is 0 Å². The molecule has 0 bridgehead atoms. The lowest BCUT2D eigenvalue weighted by Gasteiger charge is -2.19. The number of furan rings is 1. The highest BCUT2D eigenvalue weighted by Gasteiger charge is 2.36. The van der Waals surface area contributed by atoms with E-state index >= 15 is 0 Å². The topological polar surface area (TPSA) is 75.5 Å².